The summed E-state index contributed by atoms with van der Waals surface area (Å²) in [5, 5.41) is 3.93. The third-order valence-electron chi connectivity index (χ3n) is 3.47. The molecule has 102 valence electrons. The predicted octanol–water partition coefficient (Wildman–Crippen LogP) is 1.75. The molecule has 2 rings (SSSR count). The Morgan fingerprint density at radius 3 is 2.67 bits per heavy atom. The average molecular weight is 336 g/mol. The Bertz CT molecular complexity index is 514. The predicted molar refractivity (Wildman–Crippen MR) is 73.1 cm³/mol. The molecule has 0 amide bonds. The van der Waals surface area contributed by atoms with Gasteiger partial charge in [-0.25, -0.2) is 8.42 Å². The van der Waals surface area contributed by atoms with E-state index in [9.17, 15) is 8.42 Å². The fraction of sp³-hybridized carbons (Fsp3) is 0.727. The van der Waals surface area contributed by atoms with Gasteiger partial charge in [-0.3, -0.25) is 4.68 Å². The minimum Gasteiger partial charge on any atom is -0.274 e. The molecule has 1 aliphatic carbocycles. The molecule has 0 aliphatic heterocycles. The van der Waals surface area contributed by atoms with Gasteiger partial charge in [0.2, 0.25) is 10.0 Å². The molecule has 0 saturated heterocycles. The largest absolute Gasteiger partial charge is 0.274 e. The van der Waals surface area contributed by atoms with Gasteiger partial charge >= 0.3 is 0 Å². The molecule has 0 spiro atoms. The maximum Gasteiger partial charge on any atom is 0.246 e. The minimum absolute atomic E-state index is 0.0314. The molecule has 7 heteroatoms. The SMILES string of the molecule is CN(C1CCCCC1Br)S(=O)(=O)c1cnn(C)c1. The molecule has 1 aliphatic rings. The summed E-state index contributed by atoms with van der Waals surface area (Å²) in [6.07, 6.45) is 7.12. The topological polar surface area (TPSA) is 55.2 Å². The van der Waals surface area contributed by atoms with E-state index in [2.05, 4.69) is 21.0 Å². The molecule has 2 atom stereocenters. The van der Waals surface area contributed by atoms with E-state index in [1.165, 1.54) is 21.4 Å². The van der Waals surface area contributed by atoms with Gasteiger partial charge in [-0.05, 0) is 12.8 Å². The monoisotopic (exact) mass is 335 g/mol. The normalized spacial score (nSPS) is 25.6. The number of halogens is 1. The first-order valence-corrected chi connectivity index (χ1v) is 8.39. The highest BCUT2D eigenvalue weighted by molar-refractivity contribution is 9.09. The summed E-state index contributed by atoms with van der Waals surface area (Å²) < 4.78 is 27.9. The molecule has 0 radical (unpaired) electrons. The van der Waals surface area contributed by atoms with Crippen LogP contribution in [-0.4, -0.2) is 40.4 Å². The van der Waals surface area contributed by atoms with Crippen LogP contribution in [0.15, 0.2) is 17.3 Å². The highest BCUT2D eigenvalue weighted by atomic mass is 79.9. The van der Waals surface area contributed by atoms with Crippen LogP contribution >= 0.6 is 15.9 Å². The lowest BCUT2D eigenvalue weighted by atomic mass is 9.96. The molecule has 0 bridgehead atoms. The summed E-state index contributed by atoms with van der Waals surface area (Å²) in [5.41, 5.74) is 0. The Kier molecular flexibility index (Phi) is 4.13. The standard InChI is InChI=1S/C11H18BrN3O2S/c1-14-8-9(7-13-14)18(16,17)15(2)11-6-4-3-5-10(11)12/h7-8,10-11H,3-6H2,1-2H3. The fourth-order valence-electron chi connectivity index (χ4n) is 2.35. The zero-order valence-corrected chi connectivity index (χ0v) is 13.0. The first kappa shape index (κ1) is 14.0. The summed E-state index contributed by atoms with van der Waals surface area (Å²) in [4.78, 5) is 0.500. The van der Waals surface area contributed by atoms with Crippen LogP contribution < -0.4 is 0 Å². The number of hydrogen-bond acceptors (Lipinski definition) is 3. The van der Waals surface area contributed by atoms with Crippen molar-refractivity contribution in [3.8, 4) is 0 Å². The summed E-state index contributed by atoms with van der Waals surface area (Å²) in [7, 11) is -0.0562. The van der Waals surface area contributed by atoms with E-state index >= 15 is 0 Å². The fourth-order valence-corrected chi connectivity index (χ4v) is 4.86. The smallest absolute Gasteiger partial charge is 0.246 e. The quantitative estimate of drug-likeness (QED) is 0.790. The highest BCUT2D eigenvalue weighted by Crippen LogP contribution is 2.30. The van der Waals surface area contributed by atoms with Crippen LogP contribution in [0, 0.1) is 0 Å². The van der Waals surface area contributed by atoms with Crippen LogP contribution in [0.3, 0.4) is 0 Å². The van der Waals surface area contributed by atoms with Crippen LogP contribution in [0.2, 0.25) is 0 Å². The van der Waals surface area contributed by atoms with Crippen LogP contribution in [0.5, 0.6) is 0 Å². The lowest BCUT2D eigenvalue weighted by Gasteiger charge is -2.34. The van der Waals surface area contributed by atoms with E-state index < -0.39 is 10.0 Å². The van der Waals surface area contributed by atoms with Crippen molar-refractivity contribution in [2.24, 2.45) is 7.05 Å². The van der Waals surface area contributed by atoms with Gasteiger partial charge in [-0.2, -0.15) is 9.40 Å². The number of hydrogen-bond donors (Lipinski definition) is 0. The molecule has 0 aromatic carbocycles. The van der Waals surface area contributed by atoms with E-state index in [-0.39, 0.29) is 15.8 Å². The Morgan fingerprint density at radius 2 is 2.11 bits per heavy atom. The maximum absolute atomic E-state index is 12.4. The van der Waals surface area contributed by atoms with E-state index in [0.29, 0.717) is 0 Å². The Balaban J connectivity index is 2.24. The summed E-state index contributed by atoms with van der Waals surface area (Å²) in [6, 6.07) is 0.0314. The first-order chi connectivity index (χ1) is 8.43. The molecule has 1 aromatic rings. The van der Waals surface area contributed by atoms with E-state index in [1.807, 2.05) is 0 Å². The number of nitrogens with zero attached hydrogens (tertiary/aromatic N) is 3. The summed E-state index contributed by atoms with van der Waals surface area (Å²) in [6.45, 7) is 0. The van der Waals surface area contributed by atoms with Crippen LogP contribution in [0.25, 0.3) is 0 Å². The molecule has 5 nitrogen and oxygen atoms in total. The van der Waals surface area contributed by atoms with Crippen molar-refractivity contribution >= 4 is 26.0 Å². The second kappa shape index (κ2) is 5.30. The molecular formula is C11H18BrN3O2S. The number of rotatable bonds is 3. The van der Waals surface area contributed by atoms with E-state index in [0.717, 1.165) is 25.7 Å². The van der Waals surface area contributed by atoms with Gasteiger partial charge in [0.15, 0.2) is 0 Å². The van der Waals surface area contributed by atoms with Gasteiger partial charge in [0.1, 0.15) is 4.90 Å². The number of sulfonamides is 1. The van der Waals surface area contributed by atoms with Crippen molar-refractivity contribution in [2.75, 3.05) is 7.05 Å². The second-order valence-electron chi connectivity index (χ2n) is 4.74. The van der Waals surface area contributed by atoms with Gasteiger partial charge in [0.25, 0.3) is 0 Å². The lowest BCUT2D eigenvalue weighted by Crippen LogP contribution is -2.43. The Labute approximate surface area is 116 Å². The van der Waals surface area contributed by atoms with Crippen molar-refractivity contribution in [3.63, 3.8) is 0 Å². The van der Waals surface area contributed by atoms with Crippen LogP contribution in [0.1, 0.15) is 25.7 Å². The molecule has 0 N–H and O–H groups in total. The molecule has 18 heavy (non-hydrogen) atoms. The van der Waals surface area contributed by atoms with Crippen molar-refractivity contribution in [1.82, 2.24) is 14.1 Å². The number of alkyl halides is 1. The van der Waals surface area contributed by atoms with Crippen LogP contribution in [0.4, 0.5) is 0 Å². The van der Waals surface area contributed by atoms with Crippen molar-refractivity contribution in [2.45, 2.75) is 41.4 Å². The van der Waals surface area contributed by atoms with Crippen molar-refractivity contribution in [1.29, 1.82) is 0 Å². The zero-order valence-electron chi connectivity index (χ0n) is 10.6. The average Bonchev–Trinajstić information content (AvgIpc) is 2.76. The molecule has 1 aromatic heterocycles. The second-order valence-corrected chi connectivity index (χ2v) is 7.91. The molecular weight excluding hydrogens is 318 g/mol. The minimum atomic E-state index is -3.43. The van der Waals surface area contributed by atoms with Crippen molar-refractivity contribution < 1.29 is 8.42 Å². The third kappa shape index (κ3) is 2.62. The number of aryl methyl sites for hydroxylation is 1. The Morgan fingerprint density at radius 1 is 1.44 bits per heavy atom. The van der Waals surface area contributed by atoms with E-state index in [4.69, 9.17) is 0 Å². The zero-order chi connectivity index (χ0) is 13.3. The molecule has 2 unspecified atom stereocenters. The summed E-state index contributed by atoms with van der Waals surface area (Å²) >= 11 is 3.60. The van der Waals surface area contributed by atoms with Gasteiger partial charge in [-0.1, -0.05) is 28.8 Å². The van der Waals surface area contributed by atoms with Gasteiger partial charge < -0.3 is 0 Å². The maximum atomic E-state index is 12.4. The van der Waals surface area contributed by atoms with Crippen LogP contribution in [-0.2, 0) is 17.1 Å². The molecule has 1 saturated carbocycles. The number of aromatic nitrogens is 2. The van der Waals surface area contributed by atoms with E-state index in [1.54, 1.807) is 14.1 Å². The molecule has 1 fully saturated rings. The first-order valence-electron chi connectivity index (χ1n) is 6.03. The van der Waals surface area contributed by atoms with Crippen molar-refractivity contribution in [3.05, 3.63) is 12.4 Å². The van der Waals surface area contributed by atoms with Gasteiger partial charge in [0, 0.05) is 31.2 Å². The summed E-state index contributed by atoms with van der Waals surface area (Å²) in [5.74, 6) is 0. The Hall–Kier alpha value is -0.400. The lowest BCUT2D eigenvalue weighted by molar-refractivity contribution is 0.297. The van der Waals surface area contributed by atoms with Gasteiger partial charge in [-0.15, -0.1) is 0 Å². The van der Waals surface area contributed by atoms with Gasteiger partial charge in [0.05, 0.1) is 6.20 Å². The third-order valence-corrected chi connectivity index (χ3v) is 6.38. The molecule has 1 heterocycles. The highest BCUT2D eigenvalue weighted by Gasteiger charge is 2.34.